The van der Waals surface area contributed by atoms with E-state index in [0.717, 1.165) is 0 Å². The maximum Gasteiger partial charge on any atom is 0.167 e. The second-order valence-corrected chi connectivity index (χ2v) is 4.12. The maximum atomic E-state index is 5.72. The van der Waals surface area contributed by atoms with E-state index in [1.54, 1.807) is 13.4 Å². The summed E-state index contributed by atoms with van der Waals surface area (Å²) in [6, 6.07) is 0. The van der Waals surface area contributed by atoms with Gasteiger partial charge in [-0.1, -0.05) is 15.9 Å². The summed E-state index contributed by atoms with van der Waals surface area (Å²) in [4.78, 5) is 12.3. The van der Waals surface area contributed by atoms with Crippen LogP contribution >= 0.6 is 15.9 Å². The number of nitrogens with two attached hydrogens (primary N) is 1. The summed E-state index contributed by atoms with van der Waals surface area (Å²) in [5, 5.41) is 0.617. The van der Waals surface area contributed by atoms with Gasteiger partial charge in [-0.3, -0.25) is 4.57 Å². The predicted octanol–water partition coefficient (Wildman–Crippen LogP) is 1.12. The number of aromatic nitrogens is 4. The first kappa shape index (κ1) is 11.3. The highest BCUT2D eigenvalue weighted by Crippen LogP contribution is 2.25. The third kappa shape index (κ3) is 1.56. The molecule has 2 N–H and O–H groups in total. The van der Waals surface area contributed by atoms with Crippen LogP contribution in [0.4, 0.5) is 5.82 Å². The van der Waals surface area contributed by atoms with E-state index in [1.807, 2.05) is 11.5 Å². The molecule has 1 unspecified atom stereocenters. The number of hydrogen-bond donors (Lipinski definition) is 1. The van der Waals surface area contributed by atoms with Gasteiger partial charge >= 0.3 is 0 Å². The van der Waals surface area contributed by atoms with E-state index in [4.69, 9.17) is 10.5 Å². The summed E-state index contributed by atoms with van der Waals surface area (Å²) in [5.41, 5.74) is 6.42. The van der Waals surface area contributed by atoms with Crippen LogP contribution < -0.4 is 5.73 Å². The molecule has 6 nitrogen and oxygen atoms in total. The lowest BCUT2D eigenvalue weighted by molar-refractivity contribution is -0.0365. The van der Waals surface area contributed by atoms with Crippen molar-refractivity contribution in [1.82, 2.24) is 19.5 Å². The molecule has 0 aliphatic heterocycles. The van der Waals surface area contributed by atoms with E-state index in [9.17, 15) is 0 Å². The molecule has 0 saturated carbocycles. The number of imidazole rings is 1. The molecule has 0 fully saturated rings. The summed E-state index contributed by atoms with van der Waals surface area (Å²) in [5.74, 6) is 0.372. The highest BCUT2D eigenvalue weighted by atomic mass is 79.9. The quantitative estimate of drug-likeness (QED) is 0.855. The van der Waals surface area contributed by atoms with Crippen molar-refractivity contribution in [2.24, 2.45) is 0 Å². The van der Waals surface area contributed by atoms with Crippen molar-refractivity contribution < 1.29 is 4.74 Å². The van der Waals surface area contributed by atoms with Gasteiger partial charge in [0.2, 0.25) is 0 Å². The van der Waals surface area contributed by atoms with Crippen molar-refractivity contribution in [2.75, 3.05) is 18.2 Å². The minimum Gasteiger partial charge on any atom is -0.382 e. The summed E-state index contributed by atoms with van der Waals surface area (Å²) in [7, 11) is 1.64. The van der Waals surface area contributed by atoms with Crippen LogP contribution in [-0.4, -0.2) is 32.0 Å². The summed E-state index contributed by atoms with van der Waals surface area (Å²) >= 11 is 3.41. The molecule has 0 bridgehead atoms. The van der Waals surface area contributed by atoms with Crippen molar-refractivity contribution in [1.29, 1.82) is 0 Å². The van der Waals surface area contributed by atoms with Gasteiger partial charge in [-0.15, -0.1) is 0 Å². The average molecular weight is 286 g/mol. The molecule has 86 valence electrons. The van der Waals surface area contributed by atoms with Crippen LogP contribution in [0.15, 0.2) is 12.7 Å². The van der Waals surface area contributed by atoms with Crippen LogP contribution in [0.2, 0.25) is 0 Å². The van der Waals surface area contributed by atoms with Gasteiger partial charge in [0.05, 0.1) is 11.7 Å². The molecule has 16 heavy (non-hydrogen) atoms. The van der Waals surface area contributed by atoms with Gasteiger partial charge in [0.1, 0.15) is 11.8 Å². The molecule has 2 aromatic heterocycles. The molecule has 7 heteroatoms. The first-order valence-electron chi connectivity index (χ1n) is 4.67. The largest absolute Gasteiger partial charge is 0.382 e. The number of nitrogen functional groups attached to an aromatic ring is 1. The van der Waals surface area contributed by atoms with E-state index < -0.39 is 5.72 Å². The Kier molecular flexibility index (Phi) is 2.81. The van der Waals surface area contributed by atoms with Gasteiger partial charge in [-0.2, -0.15) is 0 Å². The Morgan fingerprint density at radius 1 is 1.50 bits per heavy atom. The molecule has 2 aromatic rings. The number of alkyl halides is 1. The minimum absolute atomic E-state index is 0.372. The molecule has 0 saturated heterocycles. The van der Waals surface area contributed by atoms with Crippen molar-refractivity contribution in [3.63, 3.8) is 0 Å². The number of fused-ring (bicyclic) bond motifs is 1. The number of hydrogen-bond acceptors (Lipinski definition) is 5. The average Bonchev–Trinajstić information content (AvgIpc) is 2.74. The van der Waals surface area contributed by atoms with Gasteiger partial charge < -0.3 is 10.5 Å². The minimum atomic E-state index is -0.546. The van der Waals surface area contributed by atoms with Gasteiger partial charge in [-0.25, -0.2) is 15.0 Å². The topological polar surface area (TPSA) is 78.9 Å². The van der Waals surface area contributed by atoms with Crippen molar-refractivity contribution >= 4 is 32.9 Å². The fourth-order valence-corrected chi connectivity index (χ4v) is 1.92. The second kappa shape index (κ2) is 3.99. The molecule has 0 amide bonds. The van der Waals surface area contributed by atoms with Gasteiger partial charge in [-0.05, 0) is 6.92 Å². The molecular formula is C9H12BrN5O. The summed E-state index contributed by atoms with van der Waals surface area (Å²) in [6.07, 6.45) is 3.07. The molecular weight excluding hydrogens is 274 g/mol. The van der Waals surface area contributed by atoms with Gasteiger partial charge in [0, 0.05) is 7.11 Å². The highest BCUT2D eigenvalue weighted by Gasteiger charge is 2.27. The SMILES string of the molecule is COC(C)(CBr)n1cnc2c(N)ncnc21. The van der Waals surface area contributed by atoms with E-state index in [-0.39, 0.29) is 0 Å². The Bertz CT molecular complexity index is 508. The molecule has 0 aliphatic rings. The number of anilines is 1. The monoisotopic (exact) mass is 285 g/mol. The molecule has 2 rings (SSSR count). The lowest BCUT2D eigenvalue weighted by atomic mass is 10.3. The fraction of sp³-hybridized carbons (Fsp3) is 0.444. The van der Waals surface area contributed by atoms with Gasteiger partial charge in [0.15, 0.2) is 17.2 Å². The zero-order chi connectivity index (χ0) is 11.8. The molecule has 1 atom stereocenters. The number of rotatable bonds is 3. The van der Waals surface area contributed by atoms with E-state index >= 15 is 0 Å². The van der Waals surface area contributed by atoms with Crippen LogP contribution in [0.3, 0.4) is 0 Å². The predicted molar refractivity (Wildman–Crippen MR) is 64.2 cm³/mol. The van der Waals surface area contributed by atoms with Crippen LogP contribution in [0.25, 0.3) is 11.2 Å². The third-order valence-electron chi connectivity index (χ3n) is 2.56. The Labute approximate surface area is 101 Å². The van der Waals surface area contributed by atoms with Crippen molar-refractivity contribution in [2.45, 2.75) is 12.6 Å². The number of halogens is 1. The zero-order valence-corrected chi connectivity index (χ0v) is 10.6. The van der Waals surface area contributed by atoms with E-state index in [0.29, 0.717) is 22.3 Å². The van der Waals surface area contributed by atoms with Gasteiger partial charge in [0.25, 0.3) is 0 Å². The van der Waals surface area contributed by atoms with Crippen LogP contribution in [0.1, 0.15) is 6.92 Å². The van der Waals surface area contributed by atoms with E-state index in [2.05, 4.69) is 30.9 Å². The Hall–Kier alpha value is -1.21. The fourth-order valence-electron chi connectivity index (χ4n) is 1.42. The molecule has 0 aromatic carbocycles. The number of ether oxygens (including phenoxy) is 1. The van der Waals surface area contributed by atoms with E-state index in [1.165, 1.54) is 6.33 Å². The number of methoxy groups -OCH3 is 1. The van der Waals surface area contributed by atoms with Crippen LogP contribution in [0, 0.1) is 0 Å². The lowest BCUT2D eigenvalue weighted by Crippen LogP contribution is -2.33. The lowest BCUT2D eigenvalue weighted by Gasteiger charge is -2.27. The van der Waals surface area contributed by atoms with Crippen molar-refractivity contribution in [3.05, 3.63) is 12.7 Å². The molecule has 0 spiro atoms. The first-order chi connectivity index (χ1) is 7.62. The maximum absolute atomic E-state index is 5.72. The Morgan fingerprint density at radius 2 is 2.25 bits per heavy atom. The Morgan fingerprint density at radius 3 is 2.88 bits per heavy atom. The smallest absolute Gasteiger partial charge is 0.167 e. The number of nitrogens with zero attached hydrogens (tertiary/aromatic N) is 4. The molecule has 0 aliphatic carbocycles. The Balaban J connectivity index is 2.66. The second-order valence-electron chi connectivity index (χ2n) is 3.56. The summed E-state index contributed by atoms with van der Waals surface area (Å²) < 4.78 is 7.28. The highest BCUT2D eigenvalue weighted by molar-refractivity contribution is 9.09. The molecule has 0 radical (unpaired) electrons. The van der Waals surface area contributed by atoms with Crippen molar-refractivity contribution in [3.8, 4) is 0 Å². The third-order valence-corrected chi connectivity index (χ3v) is 3.60. The zero-order valence-electron chi connectivity index (χ0n) is 9.01. The molecule has 2 heterocycles. The standard InChI is InChI=1S/C9H12BrN5O/c1-9(3-10,16-2)15-5-14-6-7(11)12-4-13-8(6)15/h4-5H,3H2,1-2H3,(H2,11,12,13). The first-order valence-corrected chi connectivity index (χ1v) is 5.79. The van der Waals surface area contributed by atoms with Crippen LogP contribution in [0.5, 0.6) is 0 Å². The summed E-state index contributed by atoms with van der Waals surface area (Å²) in [6.45, 7) is 1.93. The normalized spacial score (nSPS) is 15.2. The van der Waals surface area contributed by atoms with Crippen LogP contribution in [-0.2, 0) is 10.5 Å².